The normalized spacial score (nSPS) is 21.7. The van der Waals surface area contributed by atoms with E-state index in [9.17, 15) is 4.79 Å². The Hall–Kier alpha value is -1.71. The Bertz CT molecular complexity index is 547. The number of ether oxygens (including phenoxy) is 2. The second-order valence-corrected chi connectivity index (χ2v) is 5.93. The summed E-state index contributed by atoms with van der Waals surface area (Å²) in [7, 11) is 1.66. The third-order valence-corrected chi connectivity index (χ3v) is 4.67. The number of rotatable bonds is 3. The highest BCUT2D eigenvalue weighted by atomic mass is 16.6. The van der Waals surface area contributed by atoms with Crippen LogP contribution in [0.25, 0.3) is 0 Å². The van der Waals surface area contributed by atoms with E-state index in [2.05, 4.69) is 19.1 Å². The zero-order chi connectivity index (χ0) is 14.8. The molecule has 1 fully saturated rings. The third-order valence-electron chi connectivity index (χ3n) is 4.67. The van der Waals surface area contributed by atoms with Gasteiger partial charge < -0.3 is 9.47 Å². The van der Waals surface area contributed by atoms with Crippen LogP contribution >= 0.6 is 0 Å². The summed E-state index contributed by atoms with van der Waals surface area (Å²) in [4.78, 5) is 13.7. The second kappa shape index (κ2) is 5.96. The van der Waals surface area contributed by atoms with E-state index in [1.165, 1.54) is 24.0 Å². The van der Waals surface area contributed by atoms with Gasteiger partial charge in [0.15, 0.2) is 0 Å². The van der Waals surface area contributed by atoms with E-state index >= 15 is 0 Å². The third kappa shape index (κ3) is 2.71. The van der Waals surface area contributed by atoms with Gasteiger partial charge in [0.25, 0.3) is 0 Å². The molecule has 116 valence electrons. The summed E-state index contributed by atoms with van der Waals surface area (Å²) in [5.74, 6) is 1.54. The number of carbonyl (C=O) groups excluding carboxylic acids is 1. The summed E-state index contributed by atoms with van der Waals surface area (Å²) in [6.07, 6.45) is 5.27. The Morgan fingerprint density at radius 1 is 1.43 bits per heavy atom. The van der Waals surface area contributed by atoms with Crippen LogP contribution in [-0.4, -0.2) is 26.4 Å². The Balaban J connectivity index is 0.00000176. The van der Waals surface area contributed by atoms with Crippen LogP contribution in [-0.2, 0) is 17.6 Å². The van der Waals surface area contributed by atoms with Crippen LogP contribution in [0, 0.1) is 5.92 Å². The number of nitrogens with zero attached hydrogens (tertiary/aromatic N) is 1. The lowest BCUT2D eigenvalue weighted by atomic mass is 9.82. The molecule has 1 aliphatic carbocycles. The second-order valence-electron chi connectivity index (χ2n) is 5.93. The summed E-state index contributed by atoms with van der Waals surface area (Å²) < 4.78 is 10.7. The lowest BCUT2D eigenvalue weighted by Gasteiger charge is -2.30. The lowest BCUT2D eigenvalue weighted by Crippen LogP contribution is -2.38. The molecular formula is C17H25NO3. The fraction of sp³-hybridized carbons (Fsp3) is 0.588. The number of cyclic esters (lactones) is 1. The number of anilines is 1. The summed E-state index contributed by atoms with van der Waals surface area (Å²) in [6.45, 7) is 3.47. The summed E-state index contributed by atoms with van der Waals surface area (Å²) in [5.41, 5.74) is 3.59. The number of fused-ring (bicyclic) bond motifs is 1. The van der Waals surface area contributed by atoms with E-state index in [0.717, 1.165) is 36.6 Å². The van der Waals surface area contributed by atoms with Crippen molar-refractivity contribution < 1.29 is 15.7 Å². The predicted octanol–water partition coefficient (Wildman–Crippen LogP) is 3.80. The molecule has 0 bridgehead atoms. The molecule has 0 saturated carbocycles. The molecule has 1 unspecified atom stereocenters. The van der Waals surface area contributed by atoms with Gasteiger partial charge in [-0.05, 0) is 54.9 Å². The minimum atomic E-state index is -0.262. The molecule has 1 saturated heterocycles. The molecule has 0 N–H and O–H groups in total. The zero-order valence-electron chi connectivity index (χ0n) is 12.9. The molecule has 21 heavy (non-hydrogen) atoms. The van der Waals surface area contributed by atoms with Crippen LogP contribution in [0.1, 0.15) is 38.7 Å². The maximum absolute atomic E-state index is 12.0. The van der Waals surface area contributed by atoms with Gasteiger partial charge in [0.1, 0.15) is 5.75 Å². The number of carbonyl (C=O) groups is 1. The maximum atomic E-state index is 12.0. The highest BCUT2D eigenvalue weighted by Gasteiger charge is 2.27. The number of aryl methyl sites for hydroxylation is 1. The minimum absolute atomic E-state index is 0. The number of hydrogen-bond donors (Lipinski definition) is 0. The molecule has 2 aliphatic rings. The molecule has 4 nitrogen and oxygen atoms in total. The van der Waals surface area contributed by atoms with E-state index in [4.69, 9.17) is 9.47 Å². The van der Waals surface area contributed by atoms with E-state index < -0.39 is 0 Å². The van der Waals surface area contributed by atoms with Gasteiger partial charge in [-0.25, -0.2) is 4.79 Å². The number of methoxy groups -OCH3 is 1. The van der Waals surface area contributed by atoms with Crippen molar-refractivity contribution in [2.45, 2.75) is 39.0 Å². The highest BCUT2D eigenvalue weighted by Crippen LogP contribution is 2.37. The summed E-state index contributed by atoms with van der Waals surface area (Å²) in [5, 5.41) is 0. The monoisotopic (exact) mass is 291 g/mol. The first-order chi connectivity index (χ1) is 10.2. The number of hydrogen-bond acceptors (Lipinski definition) is 3. The molecule has 0 spiro atoms. The van der Waals surface area contributed by atoms with E-state index in [0.29, 0.717) is 13.2 Å². The van der Waals surface area contributed by atoms with Gasteiger partial charge in [0.2, 0.25) is 0 Å². The average Bonchev–Trinajstić information content (AvgIpc) is 2.53. The highest BCUT2D eigenvalue weighted by molar-refractivity contribution is 5.90. The molecule has 0 radical (unpaired) electrons. The van der Waals surface area contributed by atoms with Gasteiger partial charge in [-0.15, -0.1) is 0 Å². The molecule has 1 aromatic rings. The maximum Gasteiger partial charge on any atom is 0.414 e. The fourth-order valence-corrected chi connectivity index (χ4v) is 3.34. The van der Waals surface area contributed by atoms with Crippen LogP contribution in [0.5, 0.6) is 5.75 Å². The summed E-state index contributed by atoms with van der Waals surface area (Å²) in [6, 6.07) is 4.25. The van der Waals surface area contributed by atoms with Crippen molar-refractivity contribution in [1.29, 1.82) is 0 Å². The minimum Gasteiger partial charge on any atom is -0.495 e. The fourth-order valence-electron chi connectivity index (χ4n) is 3.34. The predicted molar refractivity (Wildman–Crippen MR) is 84.2 cm³/mol. The molecule has 1 aromatic carbocycles. The van der Waals surface area contributed by atoms with Crippen molar-refractivity contribution in [3.05, 3.63) is 23.3 Å². The molecule has 1 aliphatic heterocycles. The molecular weight excluding hydrogens is 266 g/mol. The topological polar surface area (TPSA) is 38.8 Å². The van der Waals surface area contributed by atoms with Crippen molar-refractivity contribution in [1.82, 2.24) is 0 Å². The standard InChI is InChI=1S/C17H23NO3.H2/c1-3-12-5-6-13-11-16(20-2)15(10-14(13)9-12)18-7-4-8-21-17(18)19;/h10-12H,3-9H2,1-2H3;1H. The van der Waals surface area contributed by atoms with Crippen LogP contribution in [0.15, 0.2) is 12.1 Å². The van der Waals surface area contributed by atoms with E-state index in [-0.39, 0.29) is 7.52 Å². The Labute approximate surface area is 127 Å². The van der Waals surface area contributed by atoms with Gasteiger partial charge >= 0.3 is 6.09 Å². The molecule has 1 heterocycles. The first-order valence-corrected chi connectivity index (χ1v) is 7.87. The van der Waals surface area contributed by atoms with Crippen molar-refractivity contribution in [3.63, 3.8) is 0 Å². The van der Waals surface area contributed by atoms with Gasteiger partial charge in [-0.1, -0.05) is 13.3 Å². The van der Waals surface area contributed by atoms with Crippen LogP contribution in [0.3, 0.4) is 0 Å². The van der Waals surface area contributed by atoms with Crippen molar-refractivity contribution in [2.75, 3.05) is 25.2 Å². The SMILES string of the molecule is CCC1CCc2cc(OC)c(N3CCCOC3=O)cc2C1.[HH]. The smallest absolute Gasteiger partial charge is 0.414 e. The molecule has 1 amide bonds. The van der Waals surface area contributed by atoms with Crippen molar-refractivity contribution >= 4 is 11.8 Å². The Morgan fingerprint density at radius 2 is 2.29 bits per heavy atom. The van der Waals surface area contributed by atoms with Crippen LogP contribution in [0.4, 0.5) is 10.5 Å². The van der Waals surface area contributed by atoms with Crippen LogP contribution in [0.2, 0.25) is 0 Å². The van der Waals surface area contributed by atoms with Gasteiger partial charge in [0.05, 0.1) is 19.4 Å². The molecule has 3 rings (SSSR count). The Kier molecular flexibility index (Phi) is 4.04. The zero-order valence-corrected chi connectivity index (χ0v) is 12.9. The van der Waals surface area contributed by atoms with Crippen molar-refractivity contribution in [3.8, 4) is 5.75 Å². The first-order valence-electron chi connectivity index (χ1n) is 7.87. The number of amides is 1. The molecule has 4 heteroatoms. The first kappa shape index (κ1) is 14.2. The van der Waals surface area contributed by atoms with Gasteiger partial charge in [-0.3, -0.25) is 4.90 Å². The van der Waals surface area contributed by atoms with Gasteiger partial charge in [0, 0.05) is 7.97 Å². The van der Waals surface area contributed by atoms with Crippen LogP contribution < -0.4 is 9.64 Å². The average molecular weight is 291 g/mol. The quantitative estimate of drug-likeness (QED) is 0.850. The lowest BCUT2D eigenvalue weighted by molar-refractivity contribution is 0.140. The number of benzene rings is 1. The molecule has 1 atom stereocenters. The van der Waals surface area contributed by atoms with Crippen molar-refractivity contribution in [2.24, 2.45) is 5.92 Å². The summed E-state index contributed by atoms with van der Waals surface area (Å²) >= 11 is 0. The van der Waals surface area contributed by atoms with E-state index in [1.807, 2.05) is 0 Å². The van der Waals surface area contributed by atoms with E-state index in [1.54, 1.807) is 12.0 Å². The molecule has 0 aromatic heterocycles. The largest absolute Gasteiger partial charge is 0.495 e. The Morgan fingerprint density at radius 3 is 3.00 bits per heavy atom. The van der Waals surface area contributed by atoms with Gasteiger partial charge in [-0.2, -0.15) is 0 Å².